The summed E-state index contributed by atoms with van der Waals surface area (Å²) in [6, 6.07) is 12.8. The fraction of sp³-hybridized carbons (Fsp3) is 0.261. The third kappa shape index (κ3) is 3.77. The monoisotopic (exact) mass is 437 g/mol. The summed E-state index contributed by atoms with van der Waals surface area (Å²) in [5, 5.41) is 9.75. The summed E-state index contributed by atoms with van der Waals surface area (Å²) in [5.41, 5.74) is 2.21. The lowest BCUT2D eigenvalue weighted by atomic mass is 10.1. The van der Waals surface area contributed by atoms with Crippen LogP contribution in [0.1, 0.15) is 34.9 Å². The fourth-order valence-electron chi connectivity index (χ4n) is 3.59. The smallest absolute Gasteiger partial charge is 0.290 e. The van der Waals surface area contributed by atoms with Gasteiger partial charge in [0, 0.05) is 27.6 Å². The first-order chi connectivity index (χ1) is 15.0. The molecule has 0 N–H and O–H groups in total. The van der Waals surface area contributed by atoms with Crippen LogP contribution in [0.4, 0.5) is 0 Å². The molecule has 1 aliphatic rings. The molecule has 1 fully saturated rings. The number of hydrogen-bond acceptors (Lipinski definition) is 6. The number of amides is 1. The fourth-order valence-corrected chi connectivity index (χ4v) is 3.71. The second-order valence-corrected chi connectivity index (χ2v) is 8.03. The van der Waals surface area contributed by atoms with Gasteiger partial charge in [-0.05, 0) is 62.2 Å². The van der Waals surface area contributed by atoms with Crippen molar-refractivity contribution in [2.75, 3.05) is 7.11 Å². The van der Waals surface area contributed by atoms with Gasteiger partial charge in [-0.25, -0.2) is 0 Å². The minimum absolute atomic E-state index is 0.139. The third-order valence-electron chi connectivity index (χ3n) is 5.45. The van der Waals surface area contributed by atoms with Crippen LogP contribution in [0.3, 0.4) is 0 Å². The maximum Gasteiger partial charge on any atom is 0.290 e. The van der Waals surface area contributed by atoms with Crippen LogP contribution in [0.5, 0.6) is 5.75 Å². The van der Waals surface area contributed by atoms with Crippen molar-refractivity contribution in [3.05, 3.63) is 64.7 Å². The number of benzene rings is 2. The van der Waals surface area contributed by atoms with Gasteiger partial charge >= 0.3 is 0 Å². The first kappa shape index (κ1) is 19.6. The van der Waals surface area contributed by atoms with E-state index in [1.54, 1.807) is 24.1 Å². The van der Waals surface area contributed by atoms with Crippen LogP contribution in [-0.4, -0.2) is 34.2 Å². The van der Waals surface area contributed by atoms with E-state index in [0.29, 0.717) is 28.1 Å². The van der Waals surface area contributed by atoms with E-state index in [-0.39, 0.29) is 18.5 Å². The van der Waals surface area contributed by atoms with E-state index in [4.69, 9.17) is 25.2 Å². The molecule has 7 nitrogen and oxygen atoms in total. The zero-order valence-electron chi connectivity index (χ0n) is 17.1. The lowest BCUT2D eigenvalue weighted by molar-refractivity contribution is 0.0683. The van der Waals surface area contributed by atoms with Crippen molar-refractivity contribution in [1.82, 2.24) is 15.1 Å². The van der Waals surface area contributed by atoms with E-state index in [9.17, 15) is 4.79 Å². The Labute approximate surface area is 183 Å². The van der Waals surface area contributed by atoms with Crippen LogP contribution in [0.25, 0.3) is 22.4 Å². The van der Waals surface area contributed by atoms with Crippen LogP contribution in [0, 0.1) is 6.92 Å². The molecule has 0 spiro atoms. The molecule has 0 aliphatic heterocycles. The zero-order chi connectivity index (χ0) is 21.5. The van der Waals surface area contributed by atoms with Crippen molar-refractivity contribution >= 4 is 28.5 Å². The third-order valence-corrected chi connectivity index (χ3v) is 5.70. The molecule has 2 aromatic carbocycles. The molecule has 4 aromatic rings. The number of aryl methyl sites for hydroxylation is 1. The van der Waals surface area contributed by atoms with Gasteiger partial charge in [-0.3, -0.25) is 4.79 Å². The molecular weight excluding hydrogens is 418 g/mol. The Hall–Kier alpha value is -3.32. The average molecular weight is 438 g/mol. The van der Waals surface area contributed by atoms with Gasteiger partial charge in [0.1, 0.15) is 11.3 Å². The molecule has 1 aliphatic carbocycles. The topological polar surface area (TPSA) is 81.6 Å². The van der Waals surface area contributed by atoms with Gasteiger partial charge in [-0.2, -0.15) is 0 Å². The highest BCUT2D eigenvalue weighted by Gasteiger charge is 2.36. The summed E-state index contributed by atoms with van der Waals surface area (Å²) < 4.78 is 17.0. The Morgan fingerprint density at radius 3 is 2.65 bits per heavy atom. The van der Waals surface area contributed by atoms with Gasteiger partial charge in [-0.15, -0.1) is 10.2 Å². The van der Waals surface area contributed by atoms with Gasteiger partial charge in [0.05, 0.1) is 13.7 Å². The first-order valence-corrected chi connectivity index (χ1v) is 10.4. The zero-order valence-corrected chi connectivity index (χ0v) is 17.8. The molecule has 31 heavy (non-hydrogen) atoms. The van der Waals surface area contributed by atoms with Crippen molar-refractivity contribution in [2.45, 2.75) is 32.4 Å². The Morgan fingerprint density at radius 1 is 1.16 bits per heavy atom. The largest absolute Gasteiger partial charge is 0.497 e. The Morgan fingerprint density at radius 2 is 1.94 bits per heavy atom. The lowest BCUT2D eigenvalue weighted by Crippen LogP contribution is -2.32. The molecule has 158 valence electrons. The Bertz CT molecular complexity index is 1260. The number of carbonyl (C=O) groups is 1. The predicted molar refractivity (Wildman–Crippen MR) is 115 cm³/mol. The number of rotatable bonds is 6. The molecule has 1 amide bonds. The highest BCUT2D eigenvalue weighted by molar-refractivity contribution is 6.30. The number of methoxy groups -OCH3 is 1. The molecular formula is C23H20ClN3O4. The molecule has 2 aromatic heterocycles. The second-order valence-electron chi connectivity index (χ2n) is 7.59. The molecule has 0 unspecified atom stereocenters. The van der Waals surface area contributed by atoms with E-state index in [1.807, 2.05) is 37.3 Å². The molecule has 8 heteroatoms. The number of halogens is 1. The van der Waals surface area contributed by atoms with Crippen LogP contribution < -0.4 is 4.74 Å². The average Bonchev–Trinajstić information content (AvgIpc) is 3.43. The second kappa shape index (κ2) is 7.74. The normalized spacial score (nSPS) is 13.5. The highest BCUT2D eigenvalue weighted by atomic mass is 35.5. The van der Waals surface area contributed by atoms with E-state index >= 15 is 0 Å². The van der Waals surface area contributed by atoms with Crippen molar-refractivity contribution in [1.29, 1.82) is 0 Å². The van der Waals surface area contributed by atoms with Gasteiger partial charge in [-0.1, -0.05) is 11.6 Å². The first-order valence-electron chi connectivity index (χ1n) is 10.00. The molecule has 2 heterocycles. The quantitative estimate of drug-likeness (QED) is 0.409. The van der Waals surface area contributed by atoms with E-state index in [0.717, 1.165) is 35.1 Å². The SMILES string of the molecule is COc1ccc2oc(C(=O)N(Cc3nnc(-c4ccc(Cl)cc4)o3)C3CC3)c(C)c2c1. The van der Waals surface area contributed by atoms with Crippen LogP contribution in [-0.2, 0) is 6.54 Å². The van der Waals surface area contributed by atoms with E-state index < -0.39 is 0 Å². The number of furan rings is 1. The number of carbonyl (C=O) groups excluding carboxylic acids is 1. The summed E-state index contributed by atoms with van der Waals surface area (Å²) in [6.07, 6.45) is 1.88. The maximum atomic E-state index is 13.4. The molecule has 0 atom stereocenters. The van der Waals surface area contributed by atoms with E-state index in [1.165, 1.54) is 0 Å². The number of nitrogens with zero attached hydrogens (tertiary/aromatic N) is 3. The van der Waals surface area contributed by atoms with Crippen LogP contribution >= 0.6 is 11.6 Å². The number of ether oxygens (including phenoxy) is 1. The Kier molecular flexibility index (Phi) is 4.90. The van der Waals surface area contributed by atoms with Gasteiger partial charge < -0.3 is 18.5 Å². The van der Waals surface area contributed by atoms with Crippen molar-refractivity contribution in [3.63, 3.8) is 0 Å². The Balaban J connectivity index is 1.42. The van der Waals surface area contributed by atoms with Crippen LogP contribution in [0.15, 0.2) is 51.3 Å². The van der Waals surface area contributed by atoms with Crippen LogP contribution in [0.2, 0.25) is 5.02 Å². The minimum atomic E-state index is -0.179. The number of aromatic nitrogens is 2. The van der Waals surface area contributed by atoms with Crippen molar-refractivity contribution < 1.29 is 18.4 Å². The number of fused-ring (bicyclic) bond motifs is 1. The van der Waals surface area contributed by atoms with Crippen molar-refractivity contribution in [2.24, 2.45) is 0 Å². The van der Waals surface area contributed by atoms with E-state index in [2.05, 4.69) is 10.2 Å². The molecule has 0 radical (unpaired) electrons. The van der Waals surface area contributed by atoms with Crippen molar-refractivity contribution in [3.8, 4) is 17.2 Å². The van der Waals surface area contributed by atoms with Gasteiger partial charge in [0.15, 0.2) is 5.76 Å². The highest BCUT2D eigenvalue weighted by Crippen LogP contribution is 2.34. The molecule has 0 saturated heterocycles. The standard InChI is InChI=1S/C23H20ClN3O4/c1-13-18-11-17(29-2)9-10-19(18)30-21(13)23(28)27(16-7-8-16)12-20-25-26-22(31-20)14-3-5-15(24)6-4-14/h3-6,9-11,16H,7-8,12H2,1-2H3. The summed E-state index contributed by atoms with van der Waals surface area (Å²) >= 11 is 5.94. The summed E-state index contributed by atoms with van der Waals surface area (Å²) in [4.78, 5) is 15.1. The summed E-state index contributed by atoms with van der Waals surface area (Å²) in [5.74, 6) is 1.63. The minimum Gasteiger partial charge on any atom is -0.497 e. The van der Waals surface area contributed by atoms with Gasteiger partial charge in [0.2, 0.25) is 11.8 Å². The molecule has 1 saturated carbocycles. The lowest BCUT2D eigenvalue weighted by Gasteiger charge is -2.19. The summed E-state index contributed by atoms with van der Waals surface area (Å²) in [6.45, 7) is 2.11. The maximum absolute atomic E-state index is 13.4. The predicted octanol–water partition coefficient (Wildman–Crippen LogP) is 5.26. The van der Waals surface area contributed by atoms with Gasteiger partial charge in [0.25, 0.3) is 5.91 Å². The summed E-state index contributed by atoms with van der Waals surface area (Å²) in [7, 11) is 1.61. The molecule has 5 rings (SSSR count). The molecule has 0 bridgehead atoms. The number of hydrogen-bond donors (Lipinski definition) is 0.